The maximum absolute atomic E-state index is 12.1. The van der Waals surface area contributed by atoms with Gasteiger partial charge in [-0.1, -0.05) is 18.2 Å². The molecule has 0 saturated heterocycles. The highest BCUT2D eigenvalue weighted by Gasteiger charge is 2.28. The third kappa shape index (κ3) is 6.91. The second-order valence-corrected chi connectivity index (χ2v) is 6.04. The van der Waals surface area contributed by atoms with E-state index in [-0.39, 0.29) is 12.3 Å². The van der Waals surface area contributed by atoms with Crippen molar-refractivity contribution in [2.75, 3.05) is 13.2 Å². The Kier molecular flexibility index (Phi) is 6.48. The van der Waals surface area contributed by atoms with E-state index in [1.807, 2.05) is 17.5 Å². The van der Waals surface area contributed by atoms with E-state index in [0.29, 0.717) is 12.5 Å². The summed E-state index contributed by atoms with van der Waals surface area (Å²) in [4.78, 5) is 5.43. The first-order chi connectivity index (χ1) is 11.4. The minimum absolute atomic E-state index is 0.157. The van der Waals surface area contributed by atoms with Crippen molar-refractivity contribution >= 4 is 17.3 Å². The van der Waals surface area contributed by atoms with Crippen LogP contribution in [-0.4, -0.2) is 25.3 Å². The fourth-order valence-corrected chi connectivity index (χ4v) is 2.61. The average Bonchev–Trinajstić information content (AvgIpc) is 3.04. The van der Waals surface area contributed by atoms with Gasteiger partial charge in [0.05, 0.1) is 6.54 Å². The lowest BCUT2D eigenvalue weighted by molar-refractivity contribution is -0.153. The van der Waals surface area contributed by atoms with Gasteiger partial charge in [-0.15, -0.1) is 11.3 Å². The Morgan fingerprint density at radius 1 is 1.25 bits per heavy atom. The van der Waals surface area contributed by atoms with Gasteiger partial charge in [0.1, 0.15) is 5.75 Å². The number of thiophene rings is 1. The van der Waals surface area contributed by atoms with Crippen LogP contribution in [0.2, 0.25) is 0 Å². The lowest BCUT2D eigenvalue weighted by Crippen LogP contribution is -2.33. The Morgan fingerprint density at radius 3 is 2.79 bits per heavy atom. The third-order valence-electron chi connectivity index (χ3n) is 2.99. The number of hydrogen-bond donors (Lipinski definition) is 2. The molecule has 0 atom stereocenters. The van der Waals surface area contributed by atoms with Gasteiger partial charge in [0, 0.05) is 11.4 Å². The monoisotopic (exact) mass is 357 g/mol. The van der Waals surface area contributed by atoms with E-state index in [2.05, 4.69) is 10.3 Å². The molecular formula is C16H18F3N3OS. The molecule has 0 saturated carbocycles. The molecule has 130 valence electrons. The van der Waals surface area contributed by atoms with Gasteiger partial charge < -0.3 is 15.8 Å². The number of halogens is 3. The van der Waals surface area contributed by atoms with Crippen LogP contribution in [0.15, 0.2) is 46.8 Å². The number of ether oxygens (including phenoxy) is 1. The topological polar surface area (TPSA) is 59.6 Å². The van der Waals surface area contributed by atoms with Crippen molar-refractivity contribution in [2.45, 2.75) is 19.1 Å². The molecule has 4 nitrogen and oxygen atoms in total. The van der Waals surface area contributed by atoms with Gasteiger partial charge in [0.2, 0.25) is 0 Å². The number of nitrogens with two attached hydrogens (primary N) is 1. The lowest BCUT2D eigenvalue weighted by Gasteiger charge is -2.10. The first-order valence-corrected chi connectivity index (χ1v) is 8.15. The largest absolute Gasteiger partial charge is 0.484 e. The van der Waals surface area contributed by atoms with Crippen molar-refractivity contribution in [1.29, 1.82) is 0 Å². The molecule has 0 aliphatic rings. The fourth-order valence-electron chi connectivity index (χ4n) is 1.90. The molecule has 0 radical (unpaired) electrons. The fraction of sp³-hybridized carbons (Fsp3) is 0.312. The minimum atomic E-state index is -4.36. The highest BCUT2D eigenvalue weighted by atomic mass is 32.1. The van der Waals surface area contributed by atoms with Crippen LogP contribution in [-0.2, 0) is 13.0 Å². The van der Waals surface area contributed by atoms with Crippen molar-refractivity contribution in [1.82, 2.24) is 5.32 Å². The summed E-state index contributed by atoms with van der Waals surface area (Å²) in [7, 11) is 0. The molecule has 2 aromatic rings. The van der Waals surface area contributed by atoms with E-state index in [4.69, 9.17) is 10.5 Å². The molecule has 3 N–H and O–H groups in total. The van der Waals surface area contributed by atoms with Gasteiger partial charge in [-0.2, -0.15) is 13.2 Å². The average molecular weight is 357 g/mol. The molecule has 2 rings (SSSR count). The van der Waals surface area contributed by atoms with Crippen molar-refractivity contribution < 1.29 is 17.9 Å². The number of nitrogens with zero attached hydrogens (tertiary/aromatic N) is 1. The van der Waals surface area contributed by atoms with E-state index in [1.54, 1.807) is 23.5 Å². The Balaban J connectivity index is 1.79. The van der Waals surface area contributed by atoms with Crippen LogP contribution in [0.25, 0.3) is 0 Å². The van der Waals surface area contributed by atoms with E-state index in [0.717, 1.165) is 12.0 Å². The molecule has 0 unspecified atom stereocenters. The Morgan fingerprint density at radius 2 is 2.08 bits per heavy atom. The summed E-state index contributed by atoms with van der Waals surface area (Å²) in [5.74, 6) is 0.456. The summed E-state index contributed by atoms with van der Waals surface area (Å²) < 4.78 is 41.1. The summed E-state index contributed by atoms with van der Waals surface area (Å²) >= 11 is 1.68. The van der Waals surface area contributed by atoms with Gasteiger partial charge in [-0.05, 0) is 35.6 Å². The van der Waals surface area contributed by atoms with E-state index in [9.17, 15) is 13.2 Å². The molecule has 0 amide bonds. The summed E-state index contributed by atoms with van der Waals surface area (Å²) in [6, 6.07) is 10.4. The van der Waals surface area contributed by atoms with Crippen molar-refractivity contribution in [3.8, 4) is 5.75 Å². The van der Waals surface area contributed by atoms with E-state index >= 15 is 0 Å². The first-order valence-electron chi connectivity index (χ1n) is 7.27. The van der Waals surface area contributed by atoms with Gasteiger partial charge >= 0.3 is 6.18 Å². The Bertz CT molecular complexity index is 657. The zero-order valence-electron chi connectivity index (χ0n) is 12.8. The summed E-state index contributed by atoms with van der Waals surface area (Å²) in [5, 5.41) is 5.02. The SMILES string of the molecule is NC(=NCc1cccc(OCC(F)(F)F)c1)NCCc1cccs1. The van der Waals surface area contributed by atoms with Crippen LogP contribution in [0, 0.1) is 0 Å². The summed E-state index contributed by atoms with van der Waals surface area (Å²) in [5.41, 5.74) is 6.50. The Hall–Kier alpha value is -2.22. The first kappa shape index (κ1) is 18.1. The maximum Gasteiger partial charge on any atom is 0.422 e. The van der Waals surface area contributed by atoms with Gasteiger partial charge in [-0.25, -0.2) is 4.99 Å². The highest BCUT2D eigenvalue weighted by molar-refractivity contribution is 7.09. The number of rotatable bonds is 7. The summed E-state index contributed by atoms with van der Waals surface area (Å²) in [6.07, 6.45) is -3.50. The second-order valence-electron chi connectivity index (χ2n) is 5.01. The maximum atomic E-state index is 12.1. The molecule has 0 aliphatic carbocycles. The number of hydrogen-bond acceptors (Lipinski definition) is 3. The lowest BCUT2D eigenvalue weighted by atomic mass is 10.2. The zero-order valence-corrected chi connectivity index (χ0v) is 13.7. The molecule has 0 fully saturated rings. The van der Waals surface area contributed by atoms with Crippen LogP contribution >= 0.6 is 11.3 Å². The second kappa shape index (κ2) is 8.58. The van der Waals surface area contributed by atoms with Crippen molar-refractivity contribution in [3.63, 3.8) is 0 Å². The number of alkyl halides is 3. The molecule has 24 heavy (non-hydrogen) atoms. The van der Waals surface area contributed by atoms with Crippen LogP contribution in [0.1, 0.15) is 10.4 Å². The standard InChI is InChI=1S/C16H18F3N3OS/c17-16(18,19)11-23-13-4-1-3-12(9-13)10-22-15(20)21-7-6-14-5-2-8-24-14/h1-5,8-9H,6-7,10-11H2,(H3,20,21,22). The van der Waals surface area contributed by atoms with Gasteiger partial charge in [0.15, 0.2) is 12.6 Å². The normalized spacial score (nSPS) is 12.2. The quantitative estimate of drug-likeness (QED) is 0.590. The van der Waals surface area contributed by atoms with Crippen LogP contribution in [0.5, 0.6) is 5.75 Å². The minimum Gasteiger partial charge on any atom is -0.484 e. The van der Waals surface area contributed by atoms with E-state index < -0.39 is 12.8 Å². The number of nitrogens with one attached hydrogen (secondary N) is 1. The molecule has 1 aromatic carbocycles. The van der Waals surface area contributed by atoms with Crippen LogP contribution in [0.3, 0.4) is 0 Å². The molecule has 0 spiro atoms. The molecule has 1 aromatic heterocycles. The molecule has 1 heterocycles. The van der Waals surface area contributed by atoms with Crippen LogP contribution in [0.4, 0.5) is 13.2 Å². The van der Waals surface area contributed by atoms with Gasteiger partial charge in [0.25, 0.3) is 0 Å². The predicted octanol–water partition coefficient (Wildman–Crippen LogP) is 3.34. The number of aliphatic imine (C=N–C) groups is 1. The zero-order chi connectivity index (χ0) is 17.4. The number of guanidine groups is 1. The summed E-state index contributed by atoms with van der Waals surface area (Å²) in [6.45, 7) is -0.377. The third-order valence-corrected chi connectivity index (χ3v) is 3.93. The predicted molar refractivity (Wildman–Crippen MR) is 89.3 cm³/mol. The Labute approximate surface area is 142 Å². The molecule has 0 aliphatic heterocycles. The van der Waals surface area contributed by atoms with Gasteiger partial charge in [-0.3, -0.25) is 0 Å². The van der Waals surface area contributed by atoms with Crippen LogP contribution < -0.4 is 15.8 Å². The highest BCUT2D eigenvalue weighted by Crippen LogP contribution is 2.19. The van der Waals surface area contributed by atoms with E-state index in [1.165, 1.54) is 17.0 Å². The smallest absolute Gasteiger partial charge is 0.422 e. The van der Waals surface area contributed by atoms with Crippen molar-refractivity contribution in [3.05, 3.63) is 52.2 Å². The molecule has 0 bridgehead atoms. The van der Waals surface area contributed by atoms with Crippen molar-refractivity contribution in [2.24, 2.45) is 10.7 Å². The molecule has 8 heteroatoms. The number of benzene rings is 1. The molecular weight excluding hydrogens is 339 g/mol.